The van der Waals surface area contributed by atoms with Gasteiger partial charge in [0.25, 0.3) is 5.91 Å². The van der Waals surface area contributed by atoms with E-state index >= 15 is 0 Å². The lowest BCUT2D eigenvalue weighted by Gasteiger charge is -2.15. The normalized spacial score (nSPS) is 10.3. The molecule has 0 unspecified atom stereocenters. The topological polar surface area (TPSA) is 83.8 Å². The van der Waals surface area contributed by atoms with E-state index in [1.807, 2.05) is 6.92 Å². The highest BCUT2D eigenvalue weighted by Crippen LogP contribution is 2.39. The molecule has 0 aliphatic rings. The first-order chi connectivity index (χ1) is 11.6. The minimum absolute atomic E-state index is 0.302. The maximum atomic E-state index is 12.5. The highest BCUT2D eigenvalue weighted by atomic mass is 16.5. The van der Waals surface area contributed by atoms with Gasteiger partial charge >= 0.3 is 0 Å². The van der Waals surface area contributed by atoms with Crippen molar-refractivity contribution in [1.29, 1.82) is 0 Å². The van der Waals surface area contributed by atoms with Crippen molar-refractivity contribution >= 4 is 11.6 Å². The number of nitrogens with zero attached hydrogens (tertiary/aromatic N) is 2. The van der Waals surface area contributed by atoms with E-state index in [0.29, 0.717) is 41.8 Å². The number of carbonyl (C=O) groups is 1. The van der Waals surface area contributed by atoms with Gasteiger partial charge in [0, 0.05) is 6.61 Å². The van der Waals surface area contributed by atoms with Gasteiger partial charge in [-0.05, 0) is 19.1 Å². The van der Waals surface area contributed by atoms with Gasteiger partial charge in [-0.15, -0.1) is 0 Å². The predicted molar refractivity (Wildman–Crippen MR) is 87.9 cm³/mol. The van der Waals surface area contributed by atoms with Crippen LogP contribution in [0.25, 0.3) is 0 Å². The molecular weight excluding hydrogens is 314 g/mol. The van der Waals surface area contributed by atoms with Crippen LogP contribution in [0.15, 0.2) is 24.5 Å². The Hall–Kier alpha value is -2.74. The highest BCUT2D eigenvalue weighted by Gasteiger charge is 2.21. The van der Waals surface area contributed by atoms with Crippen molar-refractivity contribution in [3.63, 3.8) is 0 Å². The third-order valence-electron chi connectivity index (χ3n) is 3.27. The highest BCUT2D eigenvalue weighted by molar-refractivity contribution is 6.06. The van der Waals surface area contributed by atoms with E-state index in [-0.39, 0.29) is 5.91 Å². The standard InChI is InChI=1S/C16H21N3O5/c1-5-24-10-19-9-11(8-17-19)18-16(20)12-6-7-13(21-2)15(23-4)14(12)22-3/h6-9H,5,10H2,1-4H3,(H,18,20). The number of amides is 1. The summed E-state index contributed by atoms with van der Waals surface area (Å²) in [6.45, 7) is 2.81. The molecule has 2 aromatic rings. The molecular formula is C16H21N3O5. The third kappa shape index (κ3) is 3.77. The minimum Gasteiger partial charge on any atom is -0.493 e. The number of nitrogens with one attached hydrogen (secondary N) is 1. The number of anilines is 1. The summed E-state index contributed by atoms with van der Waals surface area (Å²) in [4.78, 5) is 12.5. The summed E-state index contributed by atoms with van der Waals surface area (Å²) in [5.41, 5.74) is 0.879. The molecule has 0 radical (unpaired) electrons. The van der Waals surface area contributed by atoms with E-state index in [4.69, 9.17) is 18.9 Å². The van der Waals surface area contributed by atoms with Crippen molar-refractivity contribution in [2.24, 2.45) is 0 Å². The Morgan fingerprint density at radius 2 is 1.92 bits per heavy atom. The molecule has 0 spiro atoms. The zero-order valence-electron chi connectivity index (χ0n) is 14.2. The lowest BCUT2D eigenvalue weighted by molar-refractivity contribution is 0.0792. The van der Waals surface area contributed by atoms with Gasteiger partial charge in [-0.2, -0.15) is 5.10 Å². The molecule has 0 saturated carbocycles. The van der Waals surface area contributed by atoms with E-state index < -0.39 is 0 Å². The molecule has 0 saturated heterocycles. The average Bonchev–Trinajstić information content (AvgIpc) is 3.05. The summed E-state index contributed by atoms with van der Waals surface area (Å²) in [5, 5.41) is 6.87. The van der Waals surface area contributed by atoms with E-state index in [2.05, 4.69) is 10.4 Å². The smallest absolute Gasteiger partial charge is 0.259 e. The molecule has 0 bridgehead atoms. The van der Waals surface area contributed by atoms with Gasteiger partial charge in [0.05, 0.1) is 45.0 Å². The zero-order chi connectivity index (χ0) is 17.5. The van der Waals surface area contributed by atoms with Crippen molar-refractivity contribution < 1.29 is 23.7 Å². The molecule has 1 amide bonds. The second-order valence-electron chi connectivity index (χ2n) is 4.73. The summed E-state index contributed by atoms with van der Waals surface area (Å²) >= 11 is 0. The first-order valence-electron chi connectivity index (χ1n) is 7.35. The lowest BCUT2D eigenvalue weighted by Crippen LogP contribution is -2.13. The monoisotopic (exact) mass is 335 g/mol. The van der Waals surface area contributed by atoms with Gasteiger partial charge in [-0.1, -0.05) is 0 Å². The first-order valence-corrected chi connectivity index (χ1v) is 7.35. The van der Waals surface area contributed by atoms with Crippen LogP contribution < -0.4 is 19.5 Å². The van der Waals surface area contributed by atoms with Crippen LogP contribution in [0.5, 0.6) is 17.2 Å². The van der Waals surface area contributed by atoms with Crippen molar-refractivity contribution in [2.75, 3.05) is 33.3 Å². The summed E-state index contributed by atoms with van der Waals surface area (Å²) in [5.74, 6) is 0.801. The van der Waals surface area contributed by atoms with Crippen LogP contribution in [-0.2, 0) is 11.5 Å². The summed E-state index contributed by atoms with van der Waals surface area (Å²) < 4.78 is 22.7. The fourth-order valence-corrected chi connectivity index (χ4v) is 2.16. The zero-order valence-corrected chi connectivity index (χ0v) is 14.2. The third-order valence-corrected chi connectivity index (χ3v) is 3.27. The number of hydrogen-bond acceptors (Lipinski definition) is 6. The molecule has 1 aromatic carbocycles. The maximum absolute atomic E-state index is 12.5. The molecule has 24 heavy (non-hydrogen) atoms. The molecule has 0 fully saturated rings. The number of benzene rings is 1. The number of carbonyl (C=O) groups excluding carboxylic acids is 1. The molecule has 1 aromatic heterocycles. The fraction of sp³-hybridized carbons (Fsp3) is 0.375. The quantitative estimate of drug-likeness (QED) is 0.796. The Bertz CT molecular complexity index is 699. The molecule has 0 atom stereocenters. The van der Waals surface area contributed by atoms with Crippen LogP contribution in [0.1, 0.15) is 17.3 Å². The van der Waals surface area contributed by atoms with Crippen LogP contribution in [0, 0.1) is 0 Å². The molecule has 8 heteroatoms. The maximum Gasteiger partial charge on any atom is 0.259 e. The average molecular weight is 335 g/mol. The molecule has 8 nitrogen and oxygen atoms in total. The minimum atomic E-state index is -0.344. The van der Waals surface area contributed by atoms with Crippen LogP contribution >= 0.6 is 0 Å². The molecule has 1 heterocycles. The van der Waals surface area contributed by atoms with Gasteiger partial charge in [0.2, 0.25) is 5.75 Å². The molecule has 1 N–H and O–H groups in total. The Balaban J connectivity index is 2.21. The van der Waals surface area contributed by atoms with E-state index in [9.17, 15) is 4.79 Å². The van der Waals surface area contributed by atoms with Gasteiger partial charge < -0.3 is 24.3 Å². The summed E-state index contributed by atoms with van der Waals surface area (Å²) in [6.07, 6.45) is 3.23. The van der Waals surface area contributed by atoms with Crippen molar-refractivity contribution in [2.45, 2.75) is 13.7 Å². The second-order valence-corrected chi connectivity index (χ2v) is 4.73. The number of aromatic nitrogens is 2. The van der Waals surface area contributed by atoms with Gasteiger partial charge in [-0.25, -0.2) is 4.68 Å². The van der Waals surface area contributed by atoms with Gasteiger partial charge in [0.15, 0.2) is 11.5 Å². The van der Waals surface area contributed by atoms with E-state index in [1.165, 1.54) is 21.3 Å². The Morgan fingerprint density at radius 1 is 1.17 bits per heavy atom. The number of methoxy groups -OCH3 is 3. The lowest BCUT2D eigenvalue weighted by atomic mass is 10.1. The van der Waals surface area contributed by atoms with Crippen molar-refractivity contribution in [3.05, 3.63) is 30.1 Å². The van der Waals surface area contributed by atoms with Gasteiger partial charge in [0.1, 0.15) is 6.73 Å². The van der Waals surface area contributed by atoms with Crippen LogP contribution in [-0.4, -0.2) is 43.6 Å². The summed E-state index contributed by atoms with van der Waals surface area (Å²) in [7, 11) is 4.47. The van der Waals surface area contributed by atoms with Crippen LogP contribution in [0.2, 0.25) is 0 Å². The Kier molecular flexibility index (Phi) is 6.02. The number of hydrogen-bond donors (Lipinski definition) is 1. The number of ether oxygens (including phenoxy) is 4. The van der Waals surface area contributed by atoms with Crippen LogP contribution in [0.3, 0.4) is 0 Å². The Morgan fingerprint density at radius 3 is 2.54 bits per heavy atom. The SMILES string of the molecule is CCOCn1cc(NC(=O)c2ccc(OC)c(OC)c2OC)cn1. The molecule has 0 aliphatic heterocycles. The van der Waals surface area contributed by atoms with Gasteiger partial charge in [-0.3, -0.25) is 4.79 Å². The van der Waals surface area contributed by atoms with Crippen molar-refractivity contribution in [1.82, 2.24) is 9.78 Å². The first kappa shape index (κ1) is 17.6. The number of rotatable bonds is 8. The molecule has 2 rings (SSSR count). The van der Waals surface area contributed by atoms with E-state index in [1.54, 1.807) is 29.2 Å². The molecule has 0 aliphatic carbocycles. The van der Waals surface area contributed by atoms with Crippen LogP contribution in [0.4, 0.5) is 5.69 Å². The van der Waals surface area contributed by atoms with Crippen molar-refractivity contribution in [3.8, 4) is 17.2 Å². The Labute approximate surface area is 140 Å². The fourth-order valence-electron chi connectivity index (χ4n) is 2.16. The second kappa shape index (κ2) is 8.21. The molecule has 130 valence electrons. The van der Waals surface area contributed by atoms with E-state index in [0.717, 1.165) is 0 Å². The largest absolute Gasteiger partial charge is 0.493 e. The predicted octanol–water partition coefficient (Wildman–Crippen LogP) is 2.16. The summed E-state index contributed by atoms with van der Waals surface area (Å²) in [6, 6.07) is 3.26.